The van der Waals surface area contributed by atoms with Crippen LogP contribution in [0.2, 0.25) is 0 Å². The molecule has 2 heterocycles. The molecule has 0 spiro atoms. The number of aryl methyl sites for hydroxylation is 1. The number of carboxylic acids is 1. The van der Waals surface area contributed by atoms with Gasteiger partial charge in [-0.15, -0.1) is 0 Å². The molecule has 41 heavy (non-hydrogen) atoms. The van der Waals surface area contributed by atoms with Gasteiger partial charge in [-0.3, -0.25) is 23.9 Å². The van der Waals surface area contributed by atoms with E-state index in [1.54, 1.807) is 30.3 Å². The highest BCUT2D eigenvalue weighted by Crippen LogP contribution is 2.43. The molecule has 0 saturated heterocycles. The van der Waals surface area contributed by atoms with Gasteiger partial charge in [0.1, 0.15) is 22.4 Å². The summed E-state index contributed by atoms with van der Waals surface area (Å²) in [6.07, 6.45) is 1.37. The van der Waals surface area contributed by atoms with Crippen molar-refractivity contribution in [1.29, 1.82) is 5.26 Å². The molecule has 1 fully saturated rings. The van der Waals surface area contributed by atoms with Crippen LogP contribution < -0.4 is 20.3 Å². The second kappa shape index (κ2) is 11.8. The molecule has 3 aromatic rings. The van der Waals surface area contributed by atoms with Gasteiger partial charge in [0.15, 0.2) is 0 Å². The average molecular weight is 582 g/mol. The van der Waals surface area contributed by atoms with Crippen molar-refractivity contribution in [3.8, 4) is 11.9 Å². The van der Waals surface area contributed by atoms with Crippen molar-refractivity contribution in [2.75, 3.05) is 6.61 Å². The monoisotopic (exact) mass is 581 g/mol. The van der Waals surface area contributed by atoms with Crippen molar-refractivity contribution in [2.45, 2.75) is 43.4 Å². The van der Waals surface area contributed by atoms with Crippen molar-refractivity contribution in [3.05, 3.63) is 69.6 Å². The van der Waals surface area contributed by atoms with Gasteiger partial charge in [0, 0.05) is 38.0 Å². The molecule has 14 heteroatoms. The summed E-state index contributed by atoms with van der Waals surface area (Å²) in [5.41, 5.74) is 0.757. The summed E-state index contributed by atoms with van der Waals surface area (Å²) in [6.45, 7) is -0.193. The number of carbonyl (C=O) groups is 3. The molecule has 1 aliphatic carbocycles. The highest BCUT2D eigenvalue weighted by molar-refractivity contribution is 7.91. The Labute approximate surface area is 234 Å². The number of nitrogens with one attached hydrogen (secondary N) is 2. The lowest BCUT2D eigenvalue weighted by molar-refractivity contribution is -0.137. The summed E-state index contributed by atoms with van der Waals surface area (Å²) < 4.78 is 33.4. The first-order valence-electron chi connectivity index (χ1n) is 12.6. The predicted molar refractivity (Wildman–Crippen MR) is 145 cm³/mol. The van der Waals surface area contributed by atoms with Crippen molar-refractivity contribution in [1.82, 2.24) is 19.6 Å². The number of nitriles is 1. The van der Waals surface area contributed by atoms with Gasteiger partial charge in [0.05, 0.1) is 11.6 Å². The number of hydrogen-bond acceptors (Lipinski definition) is 9. The number of aliphatic carboxylic acids is 1. The fraction of sp³-hybridized carbons (Fsp3) is 0.333. The minimum Gasteiger partial charge on any atom is -0.481 e. The average Bonchev–Trinajstić information content (AvgIpc) is 3.74. The standard InChI is InChI=1S/C27H27N5O8S/c1-32-23-19(13-20(26(32)37)24(36)30-15-18-7-5-17(14-28)6-8-18)9-12-29-25(23)40-16-27(10-11-27)41(38,39)31-21(33)3-2-4-22(34)35/h5-9,12-13H,2-4,10-11,15-16H2,1H3,(H,30,36)(H,31,33)(H,34,35). The molecule has 1 aromatic carbocycles. The molecular formula is C27H27N5O8S. The highest BCUT2D eigenvalue weighted by Gasteiger charge is 2.56. The summed E-state index contributed by atoms with van der Waals surface area (Å²) in [4.78, 5) is 52.8. The zero-order chi connectivity index (χ0) is 29.8. The maximum atomic E-state index is 13.1. The molecular weight excluding hydrogens is 554 g/mol. The van der Waals surface area contributed by atoms with Crippen LogP contribution in [0.4, 0.5) is 0 Å². The van der Waals surface area contributed by atoms with Crippen LogP contribution in [0.3, 0.4) is 0 Å². The first kappa shape index (κ1) is 29.2. The third-order valence-corrected chi connectivity index (χ3v) is 8.93. The van der Waals surface area contributed by atoms with Gasteiger partial charge in [0.2, 0.25) is 21.8 Å². The number of carbonyl (C=O) groups excluding carboxylic acids is 2. The molecule has 0 unspecified atom stereocenters. The molecule has 0 atom stereocenters. The molecule has 3 N–H and O–H groups in total. The number of fused-ring (bicyclic) bond motifs is 1. The van der Waals surface area contributed by atoms with E-state index in [4.69, 9.17) is 15.1 Å². The third-order valence-electron chi connectivity index (χ3n) is 6.77. The van der Waals surface area contributed by atoms with E-state index < -0.39 is 38.1 Å². The molecule has 2 aromatic heterocycles. The van der Waals surface area contributed by atoms with Gasteiger partial charge in [-0.1, -0.05) is 12.1 Å². The Morgan fingerprint density at radius 2 is 1.88 bits per heavy atom. The van der Waals surface area contributed by atoms with E-state index in [0.29, 0.717) is 10.9 Å². The Hall–Kier alpha value is -4.77. The molecule has 4 rings (SSSR count). The minimum atomic E-state index is -4.13. The predicted octanol–water partition coefficient (Wildman–Crippen LogP) is 1.35. The van der Waals surface area contributed by atoms with Crippen LogP contribution in [0.15, 0.2) is 47.4 Å². The first-order chi connectivity index (χ1) is 19.5. The van der Waals surface area contributed by atoms with E-state index in [1.807, 2.05) is 10.8 Å². The van der Waals surface area contributed by atoms with Crippen LogP contribution in [0.1, 0.15) is 53.6 Å². The van der Waals surface area contributed by atoms with Gasteiger partial charge in [0.25, 0.3) is 11.5 Å². The van der Waals surface area contributed by atoms with Gasteiger partial charge in [-0.25, -0.2) is 13.4 Å². The quantitative estimate of drug-likeness (QED) is 0.281. The number of aromatic nitrogens is 2. The fourth-order valence-electron chi connectivity index (χ4n) is 4.18. The summed E-state index contributed by atoms with van der Waals surface area (Å²) in [5, 5.41) is 20.8. The summed E-state index contributed by atoms with van der Waals surface area (Å²) in [7, 11) is -2.69. The molecule has 214 valence electrons. The number of hydrogen-bond donors (Lipinski definition) is 3. The number of rotatable bonds is 12. The summed E-state index contributed by atoms with van der Waals surface area (Å²) >= 11 is 0. The van der Waals surface area contributed by atoms with E-state index in [-0.39, 0.29) is 62.2 Å². The minimum absolute atomic E-state index is 0.00356. The largest absolute Gasteiger partial charge is 0.481 e. The fourth-order valence-corrected chi connectivity index (χ4v) is 5.66. The highest BCUT2D eigenvalue weighted by atomic mass is 32.2. The molecule has 13 nitrogen and oxygen atoms in total. The maximum absolute atomic E-state index is 13.1. The third kappa shape index (κ3) is 6.52. The maximum Gasteiger partial charge on any atom is 0.303 e. The van der Waals surface area contributed by atoms with Crippen LogP contribution in [0, 0.1) is 11.3 Å². The molecule has 1 aliphatic rings. The van der Waals surface area contributed by atoms with Gasteiger partial charge in [-0.05, 0) is 49.1 Å². The van der Waals surface area contributed by atoms with Gasteiger partial charge < -0.3 is 19.7 Å². The van der Waals surface area contributed by atoms with E-state index in [1.165, 1.54) is 23.9 Å². The van der Waals surface area contributed by atoms with Crippen molar-refractivity contribution >= 4 is 38.7 Å². The second-order valence-corrected chi connectivity index (χ2v) is 11.8. The number of sulfonamides is 1. The van der Waals surface area contributed by atoms with Crippen LogP contribution in [-0.2, 0) is 33.2 Å². The number of carboxylic acid groups (broad SMARTS) is 1. The van der Waals surface area contributed by atoms with Gasteiger partial charge in [-0.2, -0.15) is 5.26 Å². The lowest BCUT2D eigenvalue weighted by Gasteiger charge is -2.18. The van der Waals surface area contributed by atoms with Crippen LogP contribution in [-0.4, -0.2) is 52.2 Å². The molecule has 2 amide bonds. The SMILES string of the molecule is Cn1c(=O)c(C(=O)NCc2ccc(C#N)cc2)cc2ccnc(OCC3(S(=O)(=O)NC(=O)CCCC(=O)O)CC3)c21. The van der Waals surface area contributed by atoms with Crippen LogP contribution >= 0.6 is 0 Å². The summed E-state index contributed by atoms with van der Waals surface area (Å²) in [6, 6.07) is 11.6. The summed E-state index contributed by atoms with van der Waals surface area (Å²) in [5.74, 6) is -2.49. The normalized spacial score (nSPS) is 13.7. The number of pyridine rings is 2. The van der Waals surface area contributed by atoms with E-state index >= 15 is 0 Å². The second-order valence-electron chi connectivity index (χ2n) is 9.72. The molecule has 0 radical (unpaired) electrons. The number of benzene rings is 1. The Morgan fingerprint density at radius 3 is 2.51 bits per heavy atom. The molecule has 0 aliphatic heterocycles. The van der Waals surface area contributed by atoms with E-state index in [2.05, 4.69) is 10.3 Å². The van der Waals surface area contributed by atoms with Gasteiger partial charge >= 0.3 is 5.97 Å². The molecule has 1 saturated carbocycles. The number of amides is 2. The topological polar surface area (TPSA) is 198 Å². The van der Waals surface area contributed by atoms with E-state index in [9.17, 15) is 27.6 Å². The molecule has 0 bridgehead atoms. The zero-order valence-electron chi connectivity index (χ0n) is 22.0. The zero-order valence-corrected chi connectivity index (χ0v) is 22.9. The smallest absolute Gasteiger partial charge is 0.303 e. The van der Waals surface area contributed by atoms with Crippen molar-refractivity contribution < 1.29 is 32.6 Å². The Kier molecular flexibility index (Phi) is 8.39. The lowest BCUT2D eigenvalue weighted by Crippen LogP contribution is -2.43. The Balaban J connectivity index is 1.48. The Morgan fingerprint density at radius 1 is 1.17 bits per heavy atom. The van der Waals surface area contributed by atoms with Crippen molar-refractivity contribution in [2.24, 2.45) is 7.05 Å². The van der Waals surface area contributed by atoms with Crippen LogP contribution in [0.5, 0.6) is 5.88 Å². The number of nitrogens with zero attached hydrogens (tertiary/aromatic N) is 3. The lowest BCUT2D eigenvalue weighted by atomic mass is 10.1. The van der Waals surface area contributed by atoms with E-state index in [0.717, 1.165) is 5.56 Å². The van der Waals surface area contributed by atoms with Crippen LogP contribution in [0.25, 0.3) is 10.9 Å². The number of ether oxygens (including phenoxy) is 1. The van der Waals surface area contributed by atoms with Crippen molar-refractivity contribution in [3.63, 3.8) is 0 Å². The first-order valence-corrected chi connectivity index (χ1v) is 14.1. The Bertz CT molecular complexity index is 1720.